The highest BCUT2D eigenvalue weighted by molar-refractivity contribution is 5.97. The average Bonchev–Trinajstić information content (AvgIpc) is 3.02. The number of carbonyl (C=O) groups excluding carboxylic acids is 2. The summed E-state index contributed by atoms with van der Waals surface area (Å²) in [5, 5.41) is 5.68. The molecule has 2 amide bonds. The van der Waals surface area contributed by atoms with Gasteiger partial charge in [-0.15, -0.1) is 0 Å². The van der Waals surface area contributed by atoms with Crippen molar-refractivity contribution in [2.75, 3.05) is 5.32 Å². The Morgan fingerprint density at radius 1 is 1.17 bits per heavy atom. The molecule has 24 heavy (non-hydrogen) atoms. The summed E-state index contributed by atoms with van der Waals surface area (Å²) in [6.07, 6.45) is 1.11. The summed E-state index contributed by atoms with van der Waals surface area (Å²) in [5.41, 5.74) is 4.20. The molecule has 1 aliphatic rings. The first kappa shape index (κ1) is 14.4. The number of H-pyrrole nitrogens is 1. The van der Waals surface area contributed by atoms with E-state index in [1.54, 1.807) is 12.1 Å². The fourth-order valence-corrected chi connectivity index (χ4v) is 2.88. The number of anilines is 1. The zero-order chi connectivity index (χ0) is 16.5. The molecule has 3 aromatic rings. The Balaban J connectivity index is 1.47. The van der Waals surface area contributed by atoms with Crippen molar-refractivity contribution in [3.8, 4) is 0 Å². The molecule has 0 radical (unpaired) electrons. The van der Waals surface area contributed by atoms with Crippen LogP contribution in [0.4, 0.5) is 5.69 Å². The van der Waals surface area contributed by atoms with E-state index in [1.807, 2.05) is 30.3 Å². The summed E-state index contributed by atoms with van der Waals surface area (Å²) in [5.74, 6) is 0.578. The third-order valence-electron chi connectivity index (χ3n) is 4.12. The first-order valence-electron chi connectivity index (χ1n) is 7.84. The van der Waals surface area contributed by atoms with Crippen LogP contribution < -0.4 is 10.6 Å². The molecule has 6 heteroatoms. The molecular formula is C18H16N4O2. The summed E-state index contributed by atoms with van der Waals surface area (Å²) in [7, 11) is 0. The van der Waals surface area contributed by atoms with E-state index in [9.17, 15) is 9.59 Å². The first-order chi connectivity index (χ1) is 11.7. The van der Waals surface area contributed by atoms with E-state index in [2.05, 4.69) is 20.6 Å². The number of nitrogens with zero attached hydrogens (tertiary/aromatic N) is 1. The number of benzene rings is 2. The lowest BCUT2D eigenvalue weighted by molar-refractivity contribution is -0.116. The fraction of sp³-hybridized carbons (Fsp3) is 0.167. The Labute approximate surface area is 138 Å². The predicted octanol–water partition coefficient (Wildman–Crippen LogP) is 2.38. The number of aryl methyl sites for hydroxylation is 1. The molecule has 1 aromatic heterocycles. The van der Waals surface area contributed by atoms with Crippen LogP contribution in [0, 0.1) is 0 Å². The summed E-state index contributed by atoms with van der Waals surface area (Å²) in [6.45, 7) is 0.335. The number of amides is 2. The topological polar surface area (TPSA) is 86.9 Å². The number of para-hydroxylation sites is 2. The summed E-state index contributed by atoms with van der Waals surface area (Å²) >= 11 is 0. The van der Waals surface area contributed by atoms with Gasteiger partial charge in [0, 0.05) is 17.7 Å². The van der Waals surface area contributed by atoms with Gasteiger partial charge in [0.1, 0.15) is 5.82 Å². The van der Waals surface area contributed by atoms with E-state index >= 15 is 0 Å². The summed E-state index contributed by atoms with van der Waals surface area (Å²) < 4.78 is 0. The highest BCUT2D eigenvalue weighted by Gasteiger charge is 2.16. The van der Waals surface area contributed by atoms with Gasteiger partial charge in [-0.25, -0.2) is 4.98 Å². The largest absolute Gasteiger partial charge is 0.345 e. The van der Waals surface area contributed by atoms with Crippen molar-refractivity contribution in [1.82, 2.24) is 15.3 Å². The summed E-state index contributed by atoms with van der Waals surface area (Å²) in [4.78, 5) is 31.3. The van der Waals surface area contributed by atoms with Crippen molar-refractivity contribution in [2.24, 2.45) is 0 Å². The van der Waals surface area contributed by atoms with E-state index in [-0.39, 0.29) is 11.8 Å². The van der Waals surface area contributed by atoms with Crippen LogP contribution in [-0.2, 0) is 17.8 Å². The number of imidazole rings is 1. The van der Waals surface area contributed by atoms with Gasteiger partial charge in [0.05, 0.1) is 17.6 Å². The van der Waals surface area contributed by atoms with Gasteiger partial charge in [0.25, 0.3) is 5.91 Å². The molecule has 0 bridgehead atoms. The van der Waals surface area contributed by atoms with Crippen molar-refractivity contribution in [1.29, 1.82) is 0 Å². The molecule has 0 atom stereocenters. The molecule has 6 nitrogen and oxygen atoms in total. The van der Waals surface area contributed by atoms with Crippen LogP contribution in [0.1, 0.15) is 28.2 Å². The zero-order valence-corrected chi connectivity index (χ0v) is 12.9. The first-order valence-corrected chi connectivity index (χ1v) is 7.84. The van der Waals surface area contributed by atoms with Crippen molar-refractivity contribution in [3.05, 3.63) is 59.4 Å². The Morgan fingerprint density at radius 3 is 2.92 bits per heavy atom. The SMILES string of the molecule is O=C1CCc2cc(C(=O)NCc3nc4ccccc4[nH]3)ccc2N1. The standard InChI is InChI=1S/C18H16N4O2/c23-17-8-6-11-9-12(5-7-13(11)22-17)18(24)19-10-16-20-14-3-1-2-4-15(14)21-16/h1-5,7,9H,6,8,10H2,(H,19,24)(H,20,21)(H,22,23). The van der Waals surface area contributed by atoms with E-state index < -0.39 is 0 Å². The second kappa shape index (κ2) is 5.81. The molecule has 3 N–H and O–H groups in total. The van der Waals surface area contributed by atoms with E-state index in [0.29, 0.717) is 24.9 Å². The fourth-order valence-electron chi connectivity index (χ4n) is 2.88. The number of carbonyl (C=O) groups is 2. The van der Waals surface area contributed by atoms with Gasteiger partial charge in [-0.1, -0.05) is 12.1 Å². The lowest BCUT2D eigenvalue weighted by atomic mass is 10.00. The van der Waals surface area contributed by atoms with E-state index in [1.165, 1.54) is 0 Å². The molecule has 1 aliphatic heterocycles. The maximum atomic E-state index is 12.3. The van der Waals surface area contributed by atoms with Crippen molar-refractivity contribution >= 4 is 28.5 Å². The normalized spacial score (nSPS) is 13.4. The van der Waals surface area contributed by atoms with Gasteiger partial charge in [-0.2, -0.15) is 0 Å². The molecule has 0 fully saturated rings. The Hall–Kier alpha value is -3.15. The number of aromatic nitrogens is 2. The quantitative estimate of drug-likeness (QED) is 0.692. The molecule has 2 heterocycles. The van der Waals surface area contributed by atoms with Crippen LogP contribution in [-0.4, -0.2) is 21.8 Å². The number of aromatic amines is 1. The van der Waals surface area contributed by atoms with Crippen molar-refractivity contribution < 1.29 is 9.59 Å². The molecule has 0 saturated carbocycles. The third-order valence-corrected chi connectivity index (χ3v) is 4.12. The predicted molar refractivity (Wildman–Crippen MR) is 90.7 cm³/mol. The Morgan fingerprint density at radius 2 is 2.04 bits per heavy atom. The van der Waals surface area contributed by atoms with Gasteiger partial charge in [0.15, 0.2) is 0 Å². The van der Waals surface area contributed by atoms with Crippen LogP contribution in [0.25, 0.3) is 11.0 Å². The highest BCUT2D eigenvalue weighted by Crippen LogP contribution is 2.23. The molecule has 0 saturated heterocycles. The lowest BCUT2D eigenvalue weighted by Crippen LogP contribution is -2.24. The van der Waals surface area contributed by atoms with Gasteiger partial charge >= 0.3 is 0 Å². The lowest BCUT2D eigenvalue weighted by Gasteiger charge is -2.17. The van der Waals surface area contributed by atoms with Crippen LogP contribution in [0.5, 0.6) is 0 Å². The van der Waals surface area contributed by atoms with Crippen LogP contribution in [0.2, 0.25) is 0 Å². The van der Waals surface area contributed by atoms with Crippen molar-refractivity contribution in [2.45, 2.75) is 19.4 Å². The van der Waals surface area contributed by atoms with Crippen LogP contribution in [0.3, 0.4) is 0 Å². The molecule has 4 rings (SSSR count). The second-order valence-corrected chi connectivity index (χ2v) is 5.80. The number of rotatable bonds is 3. The van der Waals surface area contributed by atoms with Gasteiger partial charge < -0.3 is 15.6 Å². The monoisotopic (exact) mass is 320 g/mol. The summed E-state index contributed by atoms with van der Waals surface area (Å²) in [6, 6.07) is 13.1. The molecule has 0 aliphatic carbocycles. The zero-order valence-electron chi connectivity index (χ0n) is 12.9. The third kappa shape index (κ3) is 2.74. The molecule has 120 valence electrons. The minimum Gasteiger partial charge on any atom is -0.345 e. The van der Waals surface area contributed by atoms with E-state index in [0.717, 1.165) is 28.1 Å². The average molecular weight is 320 g/mol. The van der Waals surface area contributed by atoms with Gasteiger partial charge in [-0.3, -0.25) is 9.59 Å². The molecule has 0 unspecified atom stereocenters. The number of nitrogens with one attached hydrogen (secondary N) is 3. The number of hydrogen-bond acceptors (Lipinski definition) is 3. The number of hydrogen-bond donors (Lipinski definition) is 3. The maximum Gasteiger partial charge on any atom is 0.251 e. The molecule has 0 spiro atoms. The minimum absolute atomic E-state index is 0.0181. The van der Waals surface area contributed by atoms with Crippen LogP contribution in [0.15, 0.2) is 42.5 Å². The Kier molecular flexibility index (Phi) is 3.49. The van der Waals surface area contributed by atoms with E-state index in [4.69, 9.17) is 0 Å². The van der Waals surface area contributed by atoms with Gasteiger partial charge in [0.2, 0.25) is 5.91 Å². The number of fused-ring (bicyclic) bond motifs is 2. The van der Waals surface area contributed by atoms with Crippen molar-refractivity contribution in [3.63, 3.8) is 0 Å². The molecular weight excluding hydrogens is 304 g/mol. The molecule has 2 aromatic carbocycles. The maximum absolute atomic E-state index is 12.3. The minimum atomic E-state index is -0.157. The smallest absolute Gasteiger partial charge is 0.251 e. The van der Waals surface area contributed by atoms with Crippen LogP contribution >= 0.6 is 0 Å². The second-order valence-electron chi connectivity index (χ2n) is 5.80. The highest BCUT2D eigenvalue weighted by atomic mass is 16.2. The van der Waals surface area contributed by atoms with Gasteiger partial charge in [-0.05, 0) is 42.3 Å². The Bertz CT molecular complexity index is 912.